The molecule has 1 aromatic heterocycles. The molecule has 2 aromatic carbocycles. The van der Waals surface area contributed by atoms with Crippen LogP contribution >= 0.6 is 11.6 Å². The van der Waals surface area contributed by atoms with E-state index < -0.39 is 0 Å². The highest BCUT2D eigenvalue weighted by Crippen LogP contribution is 2.21. The predicted octanol–water partition coefficient (Wildman–Crippen LogP) is 3.35. The lowest BCUT2D eigenvalue weighted by molar-refractivity contribution is -0.121. The summed E-state index contributed by atoms with van der Waals surface area (Å²) in [4.78, 5) is 28.6. The molecule has 0 aliphatic carbocycles. The molecular formula is C19H19ClN4O2. The van der Waals surface area contributed by atoms with Crippen molar-refractivity contribution in [3.05, 3.63) is 59.4 Å². The molecule has 0 bridgehead atoms. The monoisotopic (exact) mass is 370 g/mol. The van der Waals surface area contributed by atoms with Gasteiger partial charge in [-0.3, -0.25) is 9.59 Å². The lowest BCUT2D eigenvalue weighted by Gasteiger charge is -2.11. The number of anilines is 1. The topological polar surface area (TPSA) is 76.0 Å². The normalized spacial score (nSPS) is 10.7. The Labute approximate surface area is 156 Å². The summed E-state index contributed by atoms with van der Waals surface area (Å²) < 4.78 is 1.80. The van der Waals surface area contributed by atoms with Crippen molar-refractivity contribution in [3.8, 4) is 0 Å². The molecule has 0 unspecified atom stereocenters. The third-order valence-electron chi connectivity index (χ3n) is 3.95. The minimum Gasteiger partial charge on any atom is -0.349 e. The maximum absolute atomic E-state index is 12.5. The van der Waals surface area contributed by atoms with Crippen molar-refractivity contribution in [1.29, 1.82) is 0 Å². The van der Waals surface area contributed by atoms with Gasteiger partial charge in [-0.15, -0.1) is 0 Å². The maximum atomic E-state index is 12.5. The van der Waals surface area contributed by atoms with E-state index in [0.29, 0.717) is 23.0 Å². The zero-order chi connectivity index (χ0) is 18.5. The summed E-state index contributed by atoms with van der Waals surface area (Å²) in [5, 5.41) is 6.10. The molecule has 1 heterocycles. The van der Waals surface area contributed by atoms with Crippen LogP contribution in [0.2, 0.25) is 5.02 Å². The second kappa shape index (κ2) is 8.01. The van der Waals surface area contributed by atoms with Gasteiger partial charge in [0.05, 0.1) is 28.3 Å². The van der Waals surface area contributed by atoms with Gasteiger partial charge in [0.1, 0.15) is 12.4 Å². The lowest BCUT2D eigenvalue weighted by Crippen LogP contribution is -2.26. The molecular weight excluding hydrogens is 352 g/mol. The molecule has 0 spiro atoms. The van der Waals surface area contributed by atoms with Crippen LogP contribution in [0.5, 0.6) is 0 Å². The van der Waals surface area contributed by atoms with Crippen LogP contribution in [-0.4, -0.2) is 21.4 Å². The molecule has 26 heavy (non-hydrogen) atoms. The summed E-state index contributed by atoms with van der Waals surface area (Å²) in [5.74, 6) is 0.343. The smallest absolute Gasteiger partial charge is 0.244 e. The number of carbonyl (C=O) groups is 2. The second-order valence-electron chi connectivity index (χ2n) is 5.76. The third kappa shape index (κ3) is 4.03. The summed E-state index contributed by atoms with van der Waals surface area (Å²) in [7, 11) is 0. The van der Waals surface area contributed by atoms with E-state index in [9.17, 15) is 9.59 Å². The number of rotatable bonds is 6. The average molecular weight is 371 g/mol. The number of hydrogen-bond donors (Lipinski definition) is 2. The molecule has 3 aromatic rings. The van der Waals surface area contributed by atoms with Crippen LogP contribution in [-0.2, 0) is 22.7 Å². The zero-order valence-electron chi connectivity index (χ0n) is 14.3. The summed E-state index contributed by atoms with van der Waals surface area (Å²) in [5.41, 5.74) is 2.17. The Morgan fingerprint density at radius 2 is 1.81 bits per heavy atom. The van der Waals surface area contributed by atoms with Crippen molar-refractivity contribution in [2.24, 2.45) is 0 Å². The van der Waals surface area contributed by atoms with E-state index in [-0.39, 0.29) is 24.9 Å². The number of fused-ring (bicyclic) bond motifs is 1. The van der Waals surface area contributed by atoms with Crippen molar-refractivity contribution in [3.63, 3.8) is 0 Å². The Morgan fingerprint density at radius 1 is 1.08 bits per heavy atom. The number of amides is 2. The minimum absolute atomic E-state index is 0.0656. The van der Waals surface area contributed by atoms with Gasteiger partial charge in [0.15, 0.2) is 0 Å². The van der Waals surface area contributed by atoms with Crippen LogP contribution < -0.4 is 10.6 Å². The number of imidazole rings is 1. The fourth-order valence-corrected chi connectivity index (χ4v) is 2.82. The van der Waals surface area contributed by atoms with Gasteiger partial charge in [-0.2, -0.15) is 0 Å². The van der Waals surface area contributed by atoms with E-state index in [1.807, 2.05) is 24.3 Å². The number of nitrogens with zero attached hydrogens (tertiary/aromatic N) is 2. The van der Waals surface area contributed by atoms with E-state index in [0.717, 1.165) is 11.0 Å². The van der Waals surface area contributed by atoms with Gasteiger partial charge in [-0.25, -0.2) is 4.98 Å². The van der Waals surface area contributed by atoms with E-state index >= 15 is 0 Å². The number of hydrogen-bond acceptors (Lipinski definition) is 3. The standard InChI is InChI=1S/C19H19ClN4O2/c1-2-18(25)21-11-17-22-15-9-5-6-10-16(15)24(17)12-19(26)23-14-8-4-3-7-13(14)20/h3-10H,2,11-12H2,1H3,(H,21,25)(H,23,26). The minimum atomic E-state index is -0.218. The summed E-state index contributed by atoms with van der Waals surface area (Å²) in [6.45, 7) is 2.12. The van der Waals surface area contributed by atoms with Crippen LogP contribution in [0, 0.1) is 0 Å². The van der Waals surface area contributed by atoms with Crippen LogP contribution in [0.25, 0.3) is 11.0 Å². The fraction of sp³-hybridized carbons (Fsp3) is 0.211. The molecule has 0 atom stereocenters. The molecule has 0 fully saturated rings. The molecule has 0 aliphatic heterocycles. The largest absolute Gasteiger partial charge is 0.349 e. The highest BCUT2D eigenvalue weighted by molar-refractivity contribution is 6.33. The van der Waals surface area contributed by atoms with E-state index in [1.165, 1.54) is 0 Å². The van der Waals surface area contributed by atoms with Gasteiger partial charge in [0, 0.05) is 6.42 Å². The van der Waals surface area contributed by atoms with Crippen molar-refractivity contribution in [2.75, 3.05) is 5.32 Å². The predicted molar refractivity (Wildman–Crippen MR) is 102 cm³/mol. The van der Waals surface area contributed by atoms with E-state index in [2.05, 4.69) is 15.6 Å². The van der Waals surface area contributed by atoms with Gasteiger partial charge >= 0.3 is 0 Å². The van der Waals surface area contributed by atoms with Crippen LogP contribution in [0.3, 0.4) is 0 Å². The molecule has 7 heteroatoms. The van der Waals surface area contributed by atoms with Crippen molar-refractivity contribution in [1.82, 2.24) is 14.9 Å². The number of aromatic nitrogens is 2. The lowest BCUT2D eigenvalue weighted by atomic mass is 10.3. The Kier molecular flexibility index (Phi) is 5.53. The molecule has 0 aliphatic rings. The maximum Gasteiger partial charge on any atom is 0.244 e. The summed E-state index contributed by atoms with van der Waals surface area (Å²) in [6.07, 6.45) is 0.396. The number of halogens is 1. The van der Waals surface area contributed by atoms with Gasteiger partial charge in [-0.05, 0) is 24.3 Å². The van der Waals surface area contributed by atoms with Crippen molar-refractivity contribution in [2.45, 2.75) is 26.4 Å². The first-order chi connectivity index (χ1) is 12.6. The van der Waals surface area contributed by atoms with Gasteiger partial charge in [-0.1, -0.05) is 42.8 Å². The van der Waals surface area contributed by atoms with Gasteiger partial charge < -0.3 is 15.2 Å². The Bertz CT molecular complexity index is 952. The van der Waals surface area contributed by atoms with Crippen LogP contribution in [0.1, 0.15) is 19.2 Å². The molecule has 3 rings (SSSR count). The number of carbonyl (C=O) groups excluding carboxylic acids is 2. The van der Waals surface area contributed by atoms with Gasteiger partial charge in [0.2, 0.25) is 11.8 Å². The average Bonchev–Trinajstić information content (AvgIpc) is 2.99. The first-order valence-electron chi connectivity index (χ1n) is 8.33. The van der Waals surface area contributed by atoms with E-state index in [4.69, 9.17) is 11.6 Å². The Hall–Kier alpha value is -2.86. The summed E-state index contributed by atoms with van der Waals surface area (Å²) >= 11 is 6.10. The molecule has 0 radical (unpaired) electrons. The molecule has 0 saturated carbocycles. The highest BCUT2D eigenvalue weighted by Gasteiger charge is 2.14. The van der Waals surface area contributed by atoms with Crippen molar-refractivity contribution >= 4 is 40.1 Å². The third-order valence-corrected chi connectivity index (χ3v) is 4.28. The van der Waals surface area contributed by atoms with Crippen LogP contribution in [0.4, 0.5) is 5.69 Å². The molecule has 2 N–H and O–H groups in total. The SMILES string of the molecule is CCC(=O)NCc1nc2ccccc2n1CC(=O)Nc1ccccc1Cl. The summed E-state index contributed by atoms with van der Waals surface area (Å²) in [6, 6.07) is 14.6. The molecule has 134 valence electrons. The van der Waals surface area contributed by atoms with Gasteiger partial charge in [0.25, 0.3) is 0 Å². The second-order valence-corrected chi connectivity index (χ2v) is 6.17. The quantitative estimate of drug-likeness (QED) is 0.698. The first-order valence-corrected chi connectivity index (χ1v) is 8.71. The number of benzene rings is 2. The number of para-hydroxylation sites is 3. The van der Waals surface area contributed by atoms with Crippen LogP contribution in [0.15, 0.2) is 48.5 Å². The molecule has 6 nitrogen and oxygen atoms in total. The zero-order valence-corrected chi connectivity index (χ0v) is 15.1. The first kappa shape index (κ1) is 17.9. The Balaban J connectivity index is 1.84. The Morgan fingerprint density at radius 3 is 2.58 bits per heavy atom. The molecule has 2 amide bonds. The van der Waals surface area contributed by atoms with E-state index in [1.54, 1.807) is 35.8 Å². The fourth-order valence-electron chi connectivity index (χ4n) is 2.64. The number of nitrogens with one attached hydrogen (secondary N) is 2. The van der Waals surface area contributed by atoms with Crippen molar-refractivity contribution < 1.29 is 9.59 Å². The highest BCUT2D eigenvalue weighted by atomic mass is 35.5. The molecule has 0 saturated heterocycles.